The van der Waals surface area contributed by atoms with Crippen LogP contribution in [0.3, 0.4) is 0 Å². The van der Waals surface area contributed by atoms with E-state index in [9.17, 15) is 28.4 Å². The summed E-state index contributed by atoms with van der Waals surface area (Å²) in [6.07, 6.45) is 0. The maximum atomic E-state index is 14.0. The molecule has 10 heteroatoms. The molecule has 172 valence electrons. The fourth-order valence-electron chi connectivity index (χ4n) is 3.38. The van der Waals surface area contributed by atoms with Crippen molar-refractivity contribution in [1.82, 2.24) is 15.0 Å². The van der Waals surface area contributed by atoms with Crippen molar-refractivity contribution in [2.75, 3.05) is 4.90 Å². The lowest BCUT2D eigenvalue weighted by Crippen LogP contribution is -2.42. The summed E-state index contributed by atoms with van der Waals surface area (Å²) in [5.74, 6) is -2.84. The molecular formula is C24H18F2N4O4. The van der Waals surface area contributed by atoms with Crippen LogP contribution >= 0.6 is 0 Å². The molecule has 1 aromatic heterocycles. The minimum atomic E-state index is -1.27. The Balaban J connectivity index is 1.83. The molecular weight excluding hydrogens is 446 g/mol. The average Bonchev–Trinajstić information content (AvgIpc) is 2.83. The van der Waals surface area contributed by atoms with E-state index in [0.717, 1.165) is 12.1 Å². The lowest BCUT2D eigenvalue weighted by Gasteiger charge is -2.26. The normalized spacial score (nSPS) is 10.6. The summed E-state index contributed by atoms with van der Waals surface area (Å²) in [4.78, 5) is 42.0. The molecule has 0 spiro atoms. The van der Waals surface area contributed by atoms with Crippen molar-refractivity contribution < 1.29 is 18.8 Å². The number of H-pyrrole nitrogens is 1. The van der Waals surface area contributed by atoms with Gasteiger partial charge >= 0.3 is 11.2 Å². The number of carbonyl (C=O) groups is 1. The van der Waals surface area contributed by atoms with Crippen LogP contribution in [0, 0.1) is 11.6 Å². The number of carbonyl (C=O) groups excluding carboxylic acids is 1. The summed E-state index contributed by atoms with van der Waals surface area (Å²) in [7, 11) is 0. The molecule has 0 aliphatic rings. The molecule has 4 aromatic rings. The van der Waals surface area contributed by atoms with E-state index in [1.807, 2.05) is 0 Å². The van der Waals surface area contributed by atoms with E-state index in [2.05, 4.69) is 10.3 Å². The summed E-state index contributed by atoms with van der Waals surface area (Å²) in [5, 5.41) is 12.3. The number of halogens is 2. The highest BCUT2D eigenvalue weighted by Crippen LogP contribution is 2.33. The molecule has 3 N–H and O–H groups in total. The molecule has 4 rings (SSSR count). The van der Waals surface area contributed by atoms with Crippen LogP contribution in [-0.4, -0.2) is 20.8 Å². The quantitative estimate of drug-likeness (QED) is 0.379. The number of nitrogens with zero attached hydrogens (tertiary/aromatic N) is 2. The number of para-hydroxylation sites is 2. The summed E-state index contributed by atoms with van der Waals surface area (Å²) in [5.41, 5.74) is -2.01. The molecule has 3 aromatic carbocycles. The highest BCUT2D eigenvalue weighted by atomic mass is 19.1. The van der Waals surface area contributed by atoms with Crippen molar-refractivity contribution >= 4 is 23.1 Å². The van der Waals surface area contributed by atoms with Gasteiger partial charge in [-0.15, -0.1) is 0 Å². The third-order valence-electron chi connectivity index (χ3n) is 4.99. The third-order valence-corrected chi connectivity index (χ3v) is 4.99. The van der Waals surface area contributed by atoms with Crippen LogP contribution < -0.4 is 21.5 Å². The first-order valence-corrected chi connectivity index (χ1v) is 10.1. The van der Waals surface area contributed by atoms with Crippen LogP contribution in [-0.2, 0) is 6.54 Å². The number of aromatic nitrogens is 2. The Labute approximate surface area is 191 Å². The molecule has 1 heterocycles. The maximum absolute atomic E-state index is 14.0. The smallest absolute Gasteiger partial charge is 0.363 e. The minimum absolute atomic E-state index is 0.0203. The molecule has 0 aliphatic carbocycles. The van der Waals surface area contributed by atoms with Gasteiger partial charge in [0.2, 0.25) is 0 Å². The first-order valence-electron chi connectivity index (χ1n) is 10.1. The van der Waals surface area contributed by atoms with Crippen molar-refractivity contribution in [2.24, 2.45) is 0 Å². The fourth-order valence-corrected chi connectivity index (χ4v) is 3.38. The molecule has 34 heavy (non-hydrogen) atoms. The number of nitrogens with one attached hydrogen (secondary N) is 2. The SMILES string of the molecule is O=C(NCc1ccc(F)cc1F)c1c(N(c2ccccc2)c2ccccc2)[nH]c(=O)n(O)c1=O. The van der Waals surface area contributed by atoms with Crippen molar-refractivity contribution in [3.63, 3.8) is 0 Å². The molecule has 0 bridgehead atoms. The second-order valence-electron chi connectivity index (χ2n) is 7.20. The van der Waals surface area contributed by atoms with E-state index in [0.29, 0.717) is 17.4 Å². The maximum Gasteiger partial charge on any atom is 0.363 e. The molecule has 0 unspecified atom stereocenters. The van der Waals surface area contributed by atoms with Gasteiger partial charge in [0.25, 0.3) is 5.91 Å². The van der Waals surface area contributed by atoms with E-state index in [1.54, 1.807) is 60.7 Å². The van der Waals surface area contributed by atoms with Gasteiger partial charge in [0, 0.05) is 29.5 Å². The van der Waals surface area contributed by atoms with Gasteiger partial charge in [0.05, 0.1) is 0 Å². The molecule has 0 atom stereocenters. The highest BCUT2D eigenvalue weighted by molar-refractivity contribution is 6.00. The number of anilines is 3. The van der Waals surface area contributed by atoms with Gasteiger partial charge in [-0.25, -0.2) is 13.6 Å². The summed E-state index contributed by atoms with van der Waals surface area (Å²) in [6.45, 7) is -0.370. The Morgan fingerprint density at radius 2 is 1.53 bits per heavy atom. The molecule has 8 nitrogen and oxygen atoms in total. The van der Waals surface area contributed by atoms with Crippen LogP contribution in [0.5, 0.6) is 0 Å². The average molecular weight is 464 g/mol. The summed E-state index contributed by atoms with van der Waals surface area (Å²) < 4.78 is 27.0. The number of aromatic amines is 1. The second kappa shape index (κ2) is 9.41. The number of hydrogen-bond acceptors (Lipinski definition) is 5. The predicted molar refractivity (Wildman–Crippen MR) is 121 cm³/mol. The minimum Gasteiger partial charge on any atom is -0.421 e. The molecule has 0 saturated carbocycles. The lowest BCUT2D eigenvalue weighted by atomic mass is 10.1. The third kappa shape index (κ3) is 4.42. The van der Waals surface area contributed by atoms with Gasteiger partial charge in [-0.3, -0.25) is 19.5 Å². The zero-order valence-corrected chi connectivity index (χ0v) is 17.5. The van der Waals surface area contributed by atoms with Crippen molar-refractivity contribution in [2.45, 2.75) is 6.54 Å². The second-order valence-corrected chi connectivity index (χ2v) is 7.20. The molecule has 0 aliphatic heterocycles. The van der Waals surface area contributed by atoms with Gasteiger partial charge in [0.15, 0.2) is 0 Å². The Kier molecular flexibility index (Phi) is 6.22. The van der Waals surface area contributed by atoms with E-state index >= 15 is 0 Å². The first-order chi connectivity index (χ1) is 16.4. The molecule has 1 amide bonds. The monoisotopic (exact) mass is 464 g/mol. The van der Waals surface area contributed by atoms with Crippen LogP contribution in [0.25, 0.3) is 0 Å². The Morgan fingerprint density at radius 3 is 2.09 bits per heavy atom. The van der Waals surface area contributed by atoms with Gasteiger partial charge in [-0.2, -0.15) is 0 Å². The number of rotatable bonds is 6. The molecule has 0 radical (unpaired) electrons. The van der Waals surface area contributed by atoms with E-state index in [4.69, 9.17) is 0 Å². The first kappa shape index (κ1) is 22.5. The number of amides is 1. The van der Waals surface area contributed by atoms with Crippen LogP contribution in [0.2, 0.25) is 0 Å². The fraction of sp³-hybridized carbons (Fsp3) is 0.0417. The summed E-state index contributed by atoms with van der Waals surface area (Å²) in [6, 6.07) is 20.1. The Hall–Kier alpha value is -4.73. The zero-order valence-electron chi connectivity index (χ0n) is 17.5. The number of hydrogen-bond donors (Lipinski definition) is 3. The van der Waals surface area contributed by atoms with Crippen LogP contribution in [0.4, 0.5) is 26.0 Å². The highest BCUT2D eigenvalue weighted by Gasteiger charge is 2.26. The van der Waals surface area contributed by atoms with E-state index < -0.39 is 34.4 Å². The van der Waals surface area contributed by atoms with E-state index in [-0.39, 0.29) is 22.7 Å². The molecule has 0 fully saturated rings. The van der Waals surface area contributed by atoms with E-state index in [1.165, 1.54) is 4.90 Å². The lowest BCUT2D eigenvalue weighted by molar-refractivity contribution is 0.0939. The topological polar surface area (TPSA) is 107 Å². The molecule has 0 saturated heterocycles. The zero-order chi connectivity index (χ0) is 24.2. The van der Waals surface area contributed by atoms with Gasteiger partial charge in [-0.05, 0) is 30.3 Å². The Morgan fingerprint density at radius 1 is 0.941 bits per heavy atom. The number of benzene rings is 3. The van der Waals surface area contributed by atoms with Crippen LogP contribution in [0.1, 0.15) is 15.9 Å². The van der Waals surface area contributed by atoms with Crippen LogP contribution in [0.15, 0.2) is 88.5 Å². The summed E-state index contributed by atoms with van der Waals surface area (Å²) >= 11 is 0. The van der Waals surface area contributed by atoms with Gasteiger partial charge < -0.3 is 10.5 Å². The largest absolute Gasteiger partial charge is 0.421 e. The van der Waals surface area contributed by atoms with Crippen molar-refractivity contribution in [3.8, 4) is 0 Å². The van der Waals surface area contributed by atoms with Crippen molar-refractivity contribution in [1.29, 1.82) is 0 Å². The van der Waals surface area contributed by atoms with Gasteiger partial charge in [-0.1, -0.05) is 47.2 Å². The predicted octanol–water partition coefficient (Wildman–Crippen LogP) is 3.45. The van der Waals surface area contributed by atoms with Gasteiger partial charge in [0.1, 0.15) is 23.0 Å². The van der Waals surface area contributed by atoms with Crippen molar-refractivity contribution in [3.05, 3.63) is 122 Å². The Bertz CT molecular complexity index is 1410. The standard InChI is InChI=1S/C24H18F2N4O4/c25-16-12-11-15(19(26)13-16)14-27-22(31)20-21(28-24(33)30(34)23(20)32)29(17-7-3-1-4-8-17)18-9-5-2-6-10-18/h1-13,34H,14H2,(H,27,31)(H,28,33).